The highest BCUT2D eigenvalue weighted by Gasteiger charge is 2.37. The number of carbonyl (C=O) groups is 2. The van der Waals surface area contributed by atoms with Crippen LogP contribution < -0.4 is 4.90 Å². The first-order valence-electron chi connectivity index (χ1n) is 7.11. The van der Waals surface area contributed by atoms with Gasteiger partial charge in [0.1, 0.15) is 16.8 Å². The SMILES string of the molecule is C[C@H]1C(=O)N(c2ccc(Cl)nc2)CCN1C(=O)OC(C)(C)C. The molecule has 0 N–H and O–H groups in total. The summed E-state index contributed by atoms with van der Waals surface area (Å²) < 4.78 is 5.34. The van der Waals surface area contributed by atoms with E-state index in [-0.39, 0.29) is 5.91 Å². The van der Waals surface area contributed by atoms with Crippen LogP contribution in [0.2, 0.25) is 5.15 Å². The van der Waals surface area contributed by atoms with Gasteiger partial charge in [-0.1, -0.05) is 11.6 Å². The Morgan fingerprint density at radius 3 is 2.59 bits per heavy atom. The van der Waals surface area contributed by atoms with Gasteiger partial charge in [-0.3, -0.25) is 9.69 Å². The van der Waals surface area contributed by atoms with Crippen LogP contribution in [0.3, 0.4) is 0 Å². The maximum absolute atomic E-state index is 12.5. The number of piperazine rings is 1. The zero-order valence-electron chi connectivity index (χ0n) is 13.2. The van der Waals surface area contributed by atoms with Gasteiger partial charge in [0.25, 0.3) is 0 Å². The van der Waals surface area contributed by atoms with E-state index in [9.17, 15) is 9.59 Å². The Labute approximate surface area is 135 Å². The van der Waals surface area contributed by atoms with E-state index in [0.717, 1.165) is 0 Å². The zero-order valence-corrected chi connectivity index (χ0v) is 13.9. The summed E-state index contributed by atoms with van der Waals surface area (Å²) in [5.74, 6) is -0.166. The van der Waals surface area contributed by atoms with Crippen molar-refractivity contribution in [2.45, 2.75) is 39.3 Å². The Morgan fingerprint density at radius 2 is 2.05 bits per heavy atom. The summed E-state index contributed by atoms with van der Waals surface area (Å²) in [5.41, 5.74) is 0.0852. The van der Waals surface area contributed by atoms with E-state index in [4.69, 9.17) is 16.3 Å². The number of hydrogen-bond donors (Lipinski definition) is 0. The number of rotatable bonds is 1. The molecule has 2 amide bonds. The number of carbonyl (C=O) groups excluding carboxylic acids is 2. The minimum atomic E-state index is -0.586. The topological polar surface area (TPSA) is 62.7 Å². The summed E-state index contributed by atoms with van der Waals surface area (Å²) in [6, 6.07) is 2.79. The van der Waals surface area contributed by atoms with Crippen LogP contribution >= 0.6 is 11.6 Å². The fourth-order valence-corrected chi connectivity index (χ4v) is 2.34. The minimum Gasteiger partial charge on any atom is -0.444 e. The number of hydrogen-bond acceptors (Lipinski definition) is 4. The Bertz CT molecular complexity index is 568. The monoisotopic (exact) mass is 325 g/mol. The van der Waals surface area contributed by atoms with Crippen LogP contribution in [0.4, 0.5) is 10.5 Å². The second kappa shape index (κ2) is 6.12. The van der Waals surface area contributed by atoms with E-state index in [1.165, 1.54) is 4.90 Å². The fraction of sp³-hybridized carbons (Fsp3) is 0.533. The molecule has 0 bridgehead atoms. The molecule has 0 spiro atoms. The smallest absolute Gasteiger partial charge is 0.411 e. The number of ether oxygens (including phenoxy) is 1. The first-order chi connectivity index (χ1) is 10.2. The fourth-order valence-electron chi connectivity index (χ4n) is 2.22. The predicted octanol–water partition coefficient (Wildman–Crippen LogP) is 2.71. The summed E-state index contributed by atoms with van der Waals surface area (Å²) in [7, 11) is 0. The summed E-state index contributed by atoms with van der Waals surface area (Å²) in [6.07, 6.45) is 1.08. The van der Waals surface area contributed by atoms with E-state index in [1.54, 1.807) is 50.9 Å². The summed E-state index contributed by atoms with van der Waals surface area (Å²) in [5, 5.41) is 0.372. The maximum atomic E-state index is 12.5. The van der Waals surface area contributed by atoms with Crippen LogP contribution in [-0.2, 0) is 9.53 Å². The Hall–Kier alpha value is -1.82. The molecule has 1 aromatic heterocycles. The van der Waals surface area contributed by atoms with Crippen LogP contribution in [0.1, 0.15) is 27.7 Å². The predicted molar refractivity (Wildman–Crippen MR) is 84.0 cm³/mol. The third-order valence-corrected chi connectivity index (χ3v) is 3.53. The van der Waals surface area contributed by atoms with E-state index in [0.29, 0.717) is 23.9 Å². The highest BCUT2D eigenvalue weighted by Crippen LogP contribution is 2.22. The summed E-state index contributed by atoms with van der Waals surface area (Å²) in [4.78, 5) is 31.7. The first kappa shape index (κ1) is 16.5. The lowest BCUT2D eigenvalue weighted by Gasteiger charge is -2.39. The number of pyridine rings is 1. The maximum Gasteiger partial charge on any atom is 0.411 e. The van der Waals surface area contributed by atoms with E-state index in [1.807, 2.05) is 0 Å². The van der Waals surface area contributed by atoms with E-state index in [2.05, 4.69) is 4.98 Å². The molecule has 2 heterocycles. The lowest BCUT2D eigenvalue weighted by atomic mass is 10.1. The molecular formula is C15H20ClN3O3. The van der Waals surface area contributed by atoms with Gasteiger partial charge in [0.2, 0.25) is 5.91 Å². The standard InChI is InChI=1S/C15H20ClN3O3/c1-10-13(20)19(11-5-6-12(16)17-9-11)8-7-18(10)14(21)22-15(2,3)4/h5-6,9-10H,7-8H2,1-4H3/t10-/m0/s1. The number of anilines is 1. The van der Waals surface area contributed by atoms with Gasteiger partial charge in [-0.05, 0) is 39.8 Å². The molecule has 1 aliphatic heterocycles. The van der Waals surface area contributed by atoms with Crippen molar-refractivity contribution in [2.24, 2.45) is 0 Å². The largest absolute Gasteiger partial charge is 0.444 e. The molecule has 22 heavy (non-hydrogen) atoms. The van der Waals surface area contributed by atoms with Crippen molar-refractivity contribution < 1.29 is 14.3 Å². The number of aromatic nitrogens is 1. The molecule has 0 aliphatic carbocycles. The van der Waals surface area contributed by atoms with Crippen molar-refractivity contribution in [1.82, 2.24) is 9.88 Å². The molecule has 1 aromatic rings. The minimum absolute atomic E-state index is 0.166. The molecule has 0 saturated carbocycles. The van der Waals surface area contributed by atoms with Gasteiger partial charge >= 0.3 is 6.09 Å². The van der Waals surface area contributed by atoms with Gasteiger partial charge in [-0.25, -0.2) is 9.78 Å². The molecule has 7 heteroatoms. The molecule has 120 valence electrons. The molecule has 6 nitrogen and oxygen atoms in total. The number of amides is 2. The zero-order chi connectivity index (χ0) is 16.5. The Morgan fingerprint density at radius 1 is 1.36 bits per heavy atom. The molecule has 1 atom stereocenters. The van der Waals surface area contributed by atoms with Crippen molar-refractivity contribution >= 4 is 29.3 Å². The highest BCUT2D eigenvalue weighted by molar-refractivity contribution is 6.29. The summed E-state index contributed by atoms with van der Waals surface area (Å²) in [6.45, 7) is 7.89. The average Bonchev–Trinajstić information content (AvgIpc) is 2.41. The molecule has 1 aliphatic rings. The molecular weight excluding hydrogens is 306 g/mol. The molecule has 0 aromatic carbocycles. The van der Waals surface area contributed by atoms with Gasteiger partial charge in [0.05, 0.1) is 11.9 Å². The van der Waals surface area contributed by atoms with Gasteiger partial charge in [-0.15, -0.1) is 0 Å². The van der Waals surface area contributed by atoms with Gasteiger partial charge in [-0.2, -0.15) is 0 Å². The highest BCUT2D eigenvalue weighted by atomic mass is 35.5. The second-order valence-electron chi connectivity index (χ2n) is 6.18. The average molecular weight is 326 g/mol. The third-order valence-electron chi connectivity index (χ3n) is 3.31. The number of halogens is 1. The molecule has 1 fully saturated rings. The van der Waals surface area contributed by atoms with Crippen molar-refractivity contribution in [2.75, 3.05) is 18.0 Å². The molecule has 1 saturated heterocycles. The van der Waals surface area contributed by atoms with Crippen molar-refractivity contribution in [3.8, 4) is 0 Å². The lowest BCUT2D eigenvalue weighted by molar-refractivity contribution is -0.125. The van der Waals surface area contributed by atoms with Crippen LogP contribution in [0.5, 0.6) is 0 Å². The molecule has 0 unspecified atom stereocenters. The lowest BCUT2D eigenvalue weighted by Crippen LogP contribution is -2.58. The van der Waals surface area contributed by atoms with Crippen molar-refractivity contribution in [1.29, 1.82) is 0 Å². The molecule has 0 radical (unpaired) electrons. The van der Waals surface area contributed by atoms with Crippen LogP contribution in [-0.4, -0.2) is 46.6 Å². The van der Waals surface area contributed by atoms with Gasteiger partial charge in [0, 0.05) is 13.1 Å². The van der Waals surface area contributed by atoms with Gasteiger partial charge in [0.15, 0.2) is 0 Å². The van der Waals surface area contributed by atoms with Crippen molar-refractivity contribution in [3.63, 3.8) is 0 Å². The second-order valence-corrected chi connectivity index (χ2v) is 6.57. The van der Waals surface area contributed by atoms with Crippen LogP contribution in [0.15, 0.2) is 18.3 Å². The van der Waals surface area contributed by atoms with Crippen LogP contribution in [0.25, 0.3) is 0 Å². The van der Waals surface area contributed by atoms with Gasteiger partial charge < -0.3 is 9.64 Å². The molecule has 2 rings (SSSR count). The Kier molecular flexibility index (Phi) is 4.60. The summed E-state index contributed by atoms with van der Waals surface area (Å²) >= 11 is 5.76. The van der Waals surface area contributed by atoms with E-state index >= 15 is 0 Å². The van der Waals surface area contributed by atoms with Crippen molar-refractivity contribution in [3.05, 3.63) is 23.5 Å². The van der Waals surface area contributed by atoms with E-state index < -0.39 is 17.7 Å². The third kappa shape index (κ3) is 3.68. The Balaban J connectivity index is 2.11. The first-order valence-corrected chi connectivity index (χ1v) is 7.49. The normalized spacial score (nSPS) is 19.3. The quantitative estimate of drug-likeness (QED) is 0.745. The number of nitrogens with zero attached hydrogens (tertiary/aromatic N) is 3. The van der Waals surface area contributed by atoms with Crippen LogP contribution in [0, 0.1) is 0 Å².